The van der Waals surface area contributed by atoms with Crippen molar-refractivity contribution in [3.05, 3.63) is 40.7 Å². The molecule has 0 spiro atoms. The summed E-state index contributed by atoms with van der Waals surface area (Å²) in [6.45, 7) is 2.38. The van der Waals surface area contributed by atoms with E-state index in [1.54, 1.807) is 29.7 Å². The summed E-state index contributed by atoms with van der Waals surface area (Å²) in [6.07, 6.45) is 4.52. The lowest BCUT2D eigenvalue weighted by Gasteiger charge is -2.20. The Labute approximate surface area is 120 Å². The predicted molar refractivity (Wildman–Crippen MR) is 74.4 cm³/mol. The third-order valence-electron chi connectivity index (χ3n) is 4.24. The van der Waals surface area contributed by atoms with E-state index in [-0.39, 0.29) is 11.4 Å². The van der Waals surface area contributed by atoms with Crippen molar-refractivity contribution in [1.82, 2.24) is 15.2 Å². The van der Waals surface area contributed by atoms with E-state index < -0.39 is 0 Å². The van der Waals surface area contributed by atoms with Crippen molar-refractivity contribution in [2.24, 2.45) is 5.92 Å². The number of hydrogen-bond acceptors (Lipinski definition) is 5. The summed E-state index contributed by atoms with van der Waals surface area (Å²) < 4.78 is 5.19. The molecule has 1 aliphatic carbocycles. The number of likely N-dealkylation sites (tertiary alicyclic amines) is 1. The molecular weight excluding hydrogens is 274 g/mol. The van der Waals surface area contributed by atoms with Crippen LogP contribution in [0.4, 0.5) is 0 Å². The maximum Gasteiger partial charge on any atom is 0.289 e. The fraction of sp³-hybridized carbons (Fsp3) is 0.429. The summed E-state index contributed by atoms with van der Waals surface area (Å²) in [5.74, 6) is 1.00. The van der Waals surface area contributed by atoms with Crippen molar-refractivity contribution in [3.8, 4) is 0 Å². The van der Waals surface area contributed by atoms with Gasteiger partial charge in [-0.3, -0.25) is 4.79 Å². The van der Waals surface area contributed by atoms with Gasteiger partial charge in [0.25, 0.3) is 5.91 Å². The Morgan fingerprint density at radius 2 is 2.60 bits per heavy atom. The van der Waals surface area contributed by atoms with E-state index in [9.17, 15) is 4.79 Å². The molecule has 5 nitrogen and oxygen atoms in total. The number of piperidine rings is 1. The third kappa shape index (κ3) is 1.96. The van der Waals surface area contributed by atoms with Crippen LogP contribution in [0.3, 0.4) is 0 Å². The molecule has 1 saturated carbocycles. The smallest absolute Gasteiger partial charge is 0.289 e. The minimum absolute atomic E-state index is 0.00220. The van der Waals surface area contributed by atoms with Crippen LogP contribution in [0, 0.1) is 5.92 Å². The molecule has 1 unspecified atom stereocenters. The van der Waals surface area contributed by atoms with Crippen LogP contribution < -0.4 is 5.32 Å². The number of fused-ring (bicyclic) bond motifs is 1. The molecule has 104 valence electrons. The van der Waals surface area contributed by atoms with Gasteiger partial charge in [-0.2, -0.15) is 0 Å². The fourth-order valence-corrected chi connectivity index (χ4v) is 3.62. The van der Waals surface area contributed by atoms with Gasteiger partial charge in [-0.15, -0.1) is 11.3 Å². The van der Waals surface area contributed by atoms with Gasteiger partial charge in [0.15, 0.2) is 5.76 Å². The van der Waals surface area contributed by atoms with Gasteiger partial charge >= 0.3 is 0 Å². The van der Waals surface area contributed by atoms with Gasteiger partial charge in [0.2, 0.25) is 0 Å². The molecule has 2 fully saturated rings. The molecule has 2 aromatic rings. The number of aromatic nitrogens is 1. The third-order valence-corrected chi connectivity index (χ3v) is 5.02. The van der Waals surface area contributed by atoms with Crippen LogP contribution in [-0.2, 0) is 6.54 Å². The molecule has 1 saturated heterocycles. The summed E-state index contributed by atoms with van der Waals surface area (Å²) in [4.78, 5) is 18.4. The molecule has 2 aromatic heterocycles. The summed E-state index contributed by atoms with van der Waals surface area (Å²) >= 11 is 1.66. The molecule has 6 heteroatoms. The lowest BCUT2D eigenvalue weighted by Crippen LogP contribution is -2.40. The number of rotatable bonds is 4. The number of carbonyl (C=O) groups excluding carboxylic acids is 1. The van der Waals surface area contributed by atoms with Crippen LogP contribution in [0.2, 0.25) is 0 Å². The van der Waals surface area contributed by atoms with Crippen molar-refractivity contribution in [1.29, 1.82) is 0 Å². The van der Waals surface area contributed by atoms with Crippen molar-refractivity contribution in [2.45, 2.75) is 18.5 Å². The van der Waals surface area contributed by atoms with Crippen LogP contribution in [0.1, 0.15) is 22.0 Å². The summed E-state index contributed by atoms with van der Waals surface area (Å²) in [5, 5.41) is 6.67. The molecule has 20 heavy (non-hydrogen) atoms. The Morgan fingerprint density at radius 1 is 1.65 bits per heavy atom. The average molecular weight is 289 g/mol. The summed E-state index contributed by atoms with van der Waals surface area (Å²) in [5.41, 5.74) is 0.105. The van der Waals surface area contributed by atoms with E-state index in [0.29, 0.717) is 11.7 Å². The van der Waals surface area contributed by atoms with E-state index >= 15 is 0 Å². The molecule has 2 atom stereocenters. The topological polar surface area (TPSA) is 58.4 Å². The SMILES string of the molecule is O=C(c1ccco1)N1CC2C[C@]2(NCc2nccs2)C1. The van der Waals surface area contributed by atoms with Crippen molar-refractivity contribution < 1.29 is 9.21 Å². The Kier molecular flexibility index (Phi) is 2.68. The monoisotopic (exact) mass is 289 g/mol. The zero-order valence-electron chi connectivity index (χ0n) is 10.9. The van der Waals surface area contributed by atoms with Gasteiger partial charge in [0.05, 0.1) is 6.26 Å². The van der Waals surface area contributed by atoms with Crippen LogP contribution in [0.5, 0.6) is 0 Å². The van der Waals surface area contributed by atoms with E-state index in [1.807, 2.05) is 16.5 Å². The molecule has 0 bridgehead atoms. The van der Waals surface area contributed by atoms with Crippen molar-refractivity contribution in [3.63, 3.8) is 0 Å². The molecule has 2 aliphatic rings. The van der Waals surface area contributed by atoms with Crippen LogP contribution in [-0.4, -0.2) is 34.4 Å². The Bertz CT molecular complexity index is 610. The number of furan rings is 1. The Hall–Kier alpha value is -1.66. The van der Waals surface area contributed by atoms with Crippen LogP contribution in [0.25, 0.3) is 0 Å². The first-order valence-electron chi connectivity index (χ1n) is 6.73. The first-order chi connectivity index (χ1) is 9.77. The largest absolute Gasteiger partial charge is 0.459 e. The number of carbonyl (C=O) groups is 1. The molecule has 3 heterocycles. The second kappa shape index (κ2) is 4.43. The Morgan fingerprint density at radius 3 is 3.35 bits per heavy atom. The summed E-state index contributed by atoms with van der Waals surface area (Å²) in [7, 11) is 0. The first kappa shape index (κ1) is 12.1. The minimum Gasteiger partial charge on any atom is -0.459 e. The molecule has 0 aromatic carbocycles. The van der Waals surface area contributed by atoms with Gasteiger partial charge in [-0.25, -0.2) is 4.98 Å². The standard InChI is InChI=1S/C14H15N3O2S/c18-13(11-2-1-4-19-11)17-8-10-6-14(10,9-17)16-7-12-15-3-5-20-12/h1-5,10,16H,6-9H2/t10?,14-/m0/s1. The van der Waals surface area contributed by atoms with E-state index in [1.165, 1.54) is 0 Å². The van der Waals surface area contributed by atoms with E-state index in [4.69, 9.17) is 4.42 Å². The highest BCUT2D eigenvalue weighted by Crippen LogP contribution is 2.49. The minimum atomic E-state index is -0.00220. The van der Waals surface area contributed by atoms with Gasteiger partial charge in [-0.05, 0) is 24.5 Å². The number of nitrogens with zero attached hydrogens (tertiary/aromatic N) is 2. The highest BCUT2D eigenvalue weighted by Gasteiger charge is 2.60. The molecule has 0 radical (unpaired) electrons. The second-order valence-corrected chi connectivity index (χ2v) is 6.48. The molecular formula is C14H15N3O2S. The Balaban J connectivity index is 1.40. The maximum absolute atomic E-state index is 12.2. The lowest BCUT2D eigenvalue weighted by molar-refractivity contribution is 0.0737. The highest BCUT2D eigenvalue weighted by molar-refractivity contribution is 7.09. The normalized spacial score (nSPS) is 27.6. The number of nitrogens with one attached hydrogen (secondary N) is 1. The zero-order valence-corrected chi connectivity index (χ0v) is 11.7. The quantitative estimate of drug-likeness (QED) is 0.931. The van der Waals surface area contributed by atoms with Crippen LogP contribution in [0.15, 0.2) is 34.4 Å². The highest BCUT2D eigenvalue weighted by atomic mass is 32.1. The summed E-state index contributed by atoms with van der Waals surface area (Å²) in [6, 6.07) is 3.47. The zero-order chi connectivity index (χ0) is 13.6. The maximum atomic E-state index is 12.2. The van der Waals surface area contributed by atoms with Crippen LogP contribution >= 0.6 is 11.3 Å². The van der Waals surface area contributed by atoms with Crippen molar-refractivity contribution >= 4 is 17.2 Å². The van der Waals surface area contributed by atoms with Gasteiger partial charge in [0.1, 0.15) is 5.01 Å². The number of thiazole rings is 1. The molecule has 4 rings (SSSR count). The fourth-order valence-electron chi connectivity index (χ4n) is 3.06. The molecule has 1 amide bonds. The van der Waals surface area contributed by atoms with E-state index in [2.05, 4.69) is 10.3 Å². The van der Waals surface area contributed by atoms with Gasteiger partial charge < -0.3 is 14.6 Å². The predicted octanol–water partition coefficient (Wildman–Crippen LogP) is 1.74. The van der Waals surface area contributed by atoms with E-state index in [0.717, 1.165) is 31.1 Å². The first-order valence-corrected chi connectivity index (χ1v) is 7.61. The van der Waals surface area contributed by atoms with Gasteiger partial charge in [-0.1, -0.05) is 0 Å². The van der Waals surface area contributed by atoms with Crippen molar-refractivity contribution in [2.75, 3.05) is 13.1 Å². The molecule has 1 N–H and O–H groups in total. The number of hydrogen-bond donors (Lipinski definition) is 1. The molecule has 1 aliphatic heterocycles. The number of amides is 1. The second-order valence-electron chi connectivity index (χ2n) is 5.50. The average Bonchev–Trinajstić information content (AvgIpc) is 3.02. The lowest BCUT2D eigenvalue weighted by atomic mass is 10.2. The van der Waals surface area contributed by atoms with Gasteiger partial charge in [0, 0.05) is 36.8 Å².